The summed E-state index contributed by atoms with van der Waals surface area (Å²) in [5.41, 5.74) is 7.40. The predicted octanol–water partition coefficient (Wildman–Crippen LogP) is 5.00. The number of nitrogens with two attached hydrogens (primary N) is 1. The Kier molecular flexibility index (Phi) is 6.86. The van der Waals surface area contributed by atoms with Crippen LogP contribution in [0.3, 0.4) is 0 Å². The van der Waals surface area contributed by atoms with Crippen LogP contribution in [0.25, 0.3) is 22.0 Å². The van der Waals surface area contributed by atoms with Crippen molar-refractivity contribution in [3.63, 3.8) is 0 Å². The Morgan fingerprint density at radius 2 is 1.96 bits per heavy atom. The zero-order valence-electron chi connectivity index (χ0n) is 16.2. The van der Waals surface area contributed by atoms with Crippen molar-refractivity contribution in [2.75, 3.05) is 18.6 Å². The summed E-state index contributed by atoms with van der Waals surface area (Å²) in [5, 5.41) is 11.7. The summed E-state index contributed by atoms with van der Waals surface area (Å²) in [6, 6.07) is 13.5. The molecule has 5 nitrogen and oxygen atoms in total. The van der Waals surface area contributed by atoms with Crippen LogP contribution in [0.15, 0.2) is 42.5 Å². The first-order valence-corrected chi connectivity index (χ1v) is 9.86. The van der Waals surface area contributed by atoms with E-state index in [0.29, 0.717) is 17.4 Å². The molecule has 0 radical (unpaired) electrons. The van der Waals surface area contributed by atoms with E-state index in [1.54, 1.807) is 0 Å². The third kappa shape index (κ3) is 4.28. The largest absolute Gasteiger partial charge is 0.393 e. The first-order chi connectivity index (χ1) is 13.6. The van der Waals surface area contributed by atoms with Crippen LogP contribution < -0.4 is 11.3 Å². The van der Waals surface area contributed by atoms with Crippen LogP contribution in [0.5, 0.6) is 0 Å². The maximum atomic E-state index is 10.1. The van der Waals surface area contributed by atoms with Gasteiger partial charge in [0, 0.05) is 17.0 Å². The Balaban J connectivity index is 2.24. The quantitative estimate of drug-likeness (QED) is 0.282. The number of hydrogen-bond donors (Lipinski definition) is 3. The fraction of sp³-hybridized carbons (Fsp3) is 0.318. The van der Waals surface area contributed by atoms with Crippen molar-refractivity contribution < 1.29 is 9.84 Å². The summed E-state index contributed by atoms with van der Waals surface area (Å²) in [6.45, 7) is 4.65. The Morgan fingerprint density at radius 1 is 1.21 bits per heavy atom. The van der Waals surface area contributed by atoms with Crippen LogP contribution in [-0.2, 0) is 4.74 Å². The van der Waals surface area contributed by atoms with Crippen molar-refractivity contribution in [2.24, 2.45) is 5.84 Å². The Hall–Kier alpha value is -2.18. The van der Waals surface area contributed by atoms with E-state index in [0.717, 1.165) is 46.0 Å². The molecule has 0 aliphatic heterocycles. The number of hydrogen-bond acceptors (Lipinski definition) is 5. The molecular weight excluding hydrogens is 374 g/mol. The SMILES string of the molecule is CCCCOC(CO)c1c(C)cc2nc(NN)ccc2c1-c1ccc(Cl)cc1. The molecule has 4 N–H and O–H groups in total. The maximum Gasteiger partial charge on any atom is 0.140 e. The molecule has 3 rings (SSSR count). The molecule has 0 fully saturated rings. The minimum absolute atomic E-state index is 0.0908. The van der Waals surface area contributed by atoms with E-state index in [-0.39, 0.29) is 6.61 Å². The average Bonchev–Trinajstić information content (AvgIpc) is 2.71. The highest BCUT2D eigenvalue weighted by atomic mass is 35.5. The molecule has 3 aromatic rings. The van der Waals surface area contributed by atoms with Crippen molar-refractivity contribution in [2.45, 2.75) is 32.8 Å². The third-order valence-electron chi connectivity index (χ3n) is 4.83. The number of benzene rings is 2. The van der Waals surface area contributed by atoms with Crippen LogP contribution >= 0.6 is 11.6 Å². The van der Waals surface area contributed by atoms with Crippen molar-refractivity contribution in [1.82, 2.24) is 4.98 Å². The van der Waals surface area contributed by atoms with Gasteiger partial charge in [0.25, 0.3) is 0 Å². The summed E-state index contributed by atoms with van der Waals surface area (Å²) >= 11 is 6.10. The van der Waals surface area contributed by atoms with Gasteiger partial charge in [-0.25, -0.2) is 10.8 Å². The molecule has 148 valence electrons. The van der Waals surface area contributed by atoms with E-state index in [9.17, 15) is 5.11 Å². The second-order valence-corrected chi connectivity index (χ2v) is 7.23. The molecule has 6 heteroatoms. The smallest absolute Gasteiger partial charge is 0.140 e. The van der Waals surface area contributed by atoms with Gasteiger partial charge in [-0.05, 0) is 65.9 Å². The molecule has 0 aliphatic carbocycles. The molecule has 1 atom stereocenters. The van der Waals surface area contributed by atoms with Gasteiger partial charge in [-0.2, -0.15) is 0 Å². The number of aryl methyl sites for hydroxylation is 1. The first-order valence-electron chi connectivity index (χ1n) is 9.48. The monoisotopic (exact) mass is 399 g/mol. The number of nitrogens with one attached hydrogen (secondary N) is 1. The lowest BCUT2D eigenvalue weighted by atomic mass is 9.89. The number of fused-ring (bicyclic) bond motifs is 1. The molecule has 1 aromatic heterocycles. The van der Waals surface area contributed by atoms with Crippen molar-refractivity contribution >= 4 is 28.3 Å². The standard InChI is InChI=1S/C22H26ClN3O2/c1-3-4-11-28-19(13-27)21-14(2)12-18-17(9-10-20(25-18)26-24)22(21)15-5-7-16(23)8-6-15/h5-10,12,19,27H,3-4,11,13,24H2,1-2H3,(H,25,26). The van der Waals surface area contributed by atoms with Gasteiger partial charge < -0.3 is 15.3 Å². The lowest BCUT2D eigenvalue weighted by molar-refractivity contribution is 0.0105. The minimum Gasteiger partial charge on any atom is -0.393 e. The number of nitrogens with zero attached hydrogens (tertiary/aromatic N) is 1. The van der Waals surface area contributed by atoms with E-state index >= 15 is 0 Å². The first kappa shape index (κ1) is 20.6. The third-order valence-corrected chi connectivity index (χ3v) is 5.08. The highest BCUT2D eigenvalue weighted by Gasteiger charge is 2.22. The maximum absolute atomic E-state index is 10.1. The fourth-order valence-electron chi connectivity index (χ4n) is 3.44. The number of hydrazine groups is 1. The van der Waals surface area contributed by atoms with E-state index in [1.165, 1.54) is 0 Å². The van der Waals surface area contributed by atoms with E-state index in [4.69, 9.17) is 22.2 Å². The molecule has 2 aromatic carbocycles. The van der Waals surface area contributed by atoms with Crippen molar-refractivity contribution in [3.05, 3.63) is 58.6 Å². The molecule has 0 aliphatic rings. The molecular formula is C22H26ClN3O2. The van der Waals surface area contributed by atoms with E-state index < -0.39 is 6.10 Å². The van der Waals surface area contributed by atoms with Gasteiger partial charge in [0.2, 0.25) is 0 Å². The second kappa shape index (κ2) is 9.34. The molecule has 1 unspecified atom stereocenters. The average molecular weight is 400 g/mol. The highest BCUT2D eigenvalue weighted by molar-refractivity contribution is 6.30. The van der Waals surface area contributed by atoms with Gasteiger partial charge in [-0.3, -0.25) is 0 Å². The van der Waals surface area contributed by atoms with Gasteiger partial charge in [-0.15, -0.1) is 0 Å². The summed E-state index contributed by atoms with van der Waals surface area (Å²) in [5.74, 6) is 6.13. The zero-order valence-corrected chi connectivity index (χ0v) is 17.0. The molecule has 0 saturated heterocycles. The fourth-order valence-corrected chi connectivity index (χ4v) is 3.57. The van der Waals surface area contributed by atoms with Gasteiger partial charge in [-0.1, -0.05) is 37.1 Å². The number of ether oxygens (including phenoxy) is 1. The topological polar surface area (TPSA) is 80.4 Å². The predicted molar refractivity (Wildman–Crippen MR) is 115 cm³/mol. The number of halogens is 1. The van der Waals surface area contributed by atoms with E-state index in [1.807, 2.05) is 49.4 Å². The molecule has 0 saturated carbocycles. The van der Waals surface area contributed by atoms with Crippen molar-refractivity contribution in [3.8, 4) is 11.1 Å². The molecule has 0 bridgehead atoms. The Morgan fingerprint density at radius 3 is 2.61 bits per heavy atom. The number of aliphatic hydroxyl groups is 1. The Bertz CT molecular complexity index is 945. The van der Waals surface area contributed by atoms with Gasteiger partial charge in [0.05, 0.1) is 12.1 Å². The summed E-state index contributed by atoms with van der Waals surface area (Å²) in [4.78, 5) is 4.59. The normalized spacial score (nSPS) is 12.3. The lowest BCUT2D eigenvalue weighted by Gasteiger charge is -2.23. The molecule has 1 heterocycles. The Labute approximate surface area is 170 Å². The number of unbranched alkanes of at least 4 members (excludes halogenated alkanes) is 1. The van der Waals surface area contributed by atoms with Gasteiger partial charge in [0.15, 0.2) is 0 Å². The lowest BCUT2D eigenvalue weighted by Crippen LogP contribution is -2.14. The molecule has 0 amide bonds. The summed E-state index contributed by atoms with van der Waals surface area (Å²) in [7, 11) is 0. The van der Waals surface area contributed by atoms with Gasteiger partial charge >= 0.3 is 0 Å². The molecule has 0 spiro atoms. The number of aliphatic hydroxyl groups excluding tert-OH is 1. The number of rotatable bonds is 8. The van der Waals surface area contributed by atoms with Crippen molar-refractivity contribution in [1.29, 1.82) is 0 Å². The van der Waals surface area contributed by atoms with Crippen LogP contribution in [0.4, 0.5) is 5.82 Å². The van der Waals surface area contributed by atoms with E-state index in [2.05, 4.69) is 17.3 Å². The van der Waals surface area contributed by atoms with Crippen LogP contribution in [0.2, 0.25) is 5.02 Å². The van der Waals surface area contributed by atoms with Crippen LogP contribution in [0.1, 0.15) is 37.0 Å². The summed E-state index contributed by atoms with van der Waals surface area (Å²) < 4.78 is 6.05. The summed E-state index contributed by atoms with van der Waals surface area (Å²) in [6.07, 6.45) is 1.58. The molecule has 28 heavy (non-hydrogen) atoms. The second-order valence-electron chi connectivity index (χ2n) is 6.79. The van der Waals surface area contributed by atoms with Crippen LogP contribution in [0, 0.1) is 6.92 Å². The minimum atomic E-state index is -0.408. The zero-order chi connectivity index (χ0) is 20.1. The highest BCUT2D eigenvalue weighted by Crippen LogP contribution is 2.39. The number of anilines is 1. The van der Waals surface area contributed by atoms with Crippen LogP contribution in [-0.4, -0.2) is 23.3 Å². The number of nitrogen functional groups attached to an aromatic ring is 1. The number of pyridine rings is 1. The van der Waals surface area contributed by atoms with Gasteiger partial charge in [0.1, 0.15) is 11.9 Å². The number of aromatic nitrogens is 1.